The maximum atomic E-state index is 6.36. The Morgan fingerprint density at radius 1 is 1.25 bits per heavy atom. The fourth-order valence-corrected chi connectivity index (χ4v) is 2.82. The molecule has 3 nitrogen and oxygen atoms in total. The van der Waals surface area contributed by atoms with E-state index in [9.17, 15) is 0 Å². The Hall–Kier alpha value is -0.900. The summed E-state index contributed by atoms with van der Waals surface area (Å²) < 4.78 is 5.87. The second-order valence-corrected chi connectivity index (χ2v) is 5.75. The highest BCUT2D eigenvalue weighted by Crippen LogP contribution is 2.13. The Kier molecular flexibility index (Phi) is 6.02. The van der Waals surface area contributed by atoms with Gasteiger partial charge in [0.25, 0.3) is 0 Å². The van der Waals surface area contributed by atoms with Gasteiger partial charge in [0.05, 0.1) is 12.7 Å². The molecule has 0 amide bonds. The first-order chi connectivity index (χ1) is 9.72. The minimum absolute atomic E-state index is 0.0853. The number of hydrogen-bond acceptors (Lipinski definition) is 3. The first-order valence-electron chi connectivity index (χ1n) is 7.90. The van der Waals surface area contributed by atoms with Gasteiger partial charge in [-0.2, -0.15) is 0 Å². The topological polar surface area (TPSA) is 38.5 Å². The molecule has 0 bridgehead atoms. The maximum Gasteiger partial charge on any atom is 0.0856 e. The van der Waals surface area contributed by atoms with Crippen molar-refractivity contribution in [3.63, 3.8) is 0 Å². The summed E-state index contributed by atoms with van der Waals surface area (Å²) in [7, 11) is 0. The van der Waals surface area contributed by atoms with E-state index in [1.54, 1.807) is 0 Å². The quantitative estimate of drug-likeness (QED) is 0.866. The zero-order valence-electron chi connectivity index (χ0n) is 12.8. The smallest absolute Gasteiger partial charge is 0.0856 e. The van der Waals surface area contributed by atoms with Crippen molar-refractivity contribution < 1.29 is 4.74 Å². The summed E-state index contributed by atoms with van der Waals surface area (Å²) in [5, 5.41) is 0. The van der Waals surface area contributed by atoms with Gasteiger partial charge in [-0.05, 0) is 36.9 Å². The molecule has 0 saturated carbocycles. The summed E-state index contributed by atoms with van der Waals surface area (Å²) in [4.78, 5) is 2.47. The van der Waals surface area contributed by atoms with Crippen molar-refractivity contribution in [1.82, 2.24) is 4.90 Å². The molecular formula is C17H28N2O. The molecule has 2 unspecified atom stereocenters. The van der Waals surface area contributed by atoms with Gasteiger partial charge >= 0.3 is 0 Å². The van der Waals surface area contributed by atoms with Crippen LogP contribution in [0.1, 0.15) is 31.4 Å². The van der Waals surface area contributed by atoms with Crippen LogP contribution >= 0.6 is 0 Å². The second kappa shape index (κ2) is 7.77. The third kappa shape index (κ3) is 4.30. The van der Waals surface area contributed by atoms with Crippen LogP contribution < -0.4 is 5.73 Å². The van der Waals surface area contributed by atoms with Crippen molar-refractivity contribution in [1.29, 1.82) is 0 Å². The summed E-state index contributed by atoms with van der Waals surface area (Å²) in [6.45, 7) is 8.38. The number of aryl methyl sites for hydroxylation is 1. The Labute approximate surface area is 123 Å². The maximum absolute atomic E-state index is 6.36. The van der Waals surface area contributed by atoms with E-state index in [0.717, 1.165) is 39.1 Å². The van der Waals surface area contributed by atoms with E-state index in [0.29, 0.717) is 0 Å². The van der Waals surface area contributed by atoms with Crippen LogP contribution in [0.3, 0.4) is 0 Å². The summed E-state index contributed by atoms with van der Waals surface area (Å²) in [6.07, 6.45) is 3.35. The van der Waals surface area contributed by atoms with Crippen molar-refractivity contribution >= 4 is 0 Å². The predicted molar refractivity (Wildman–Crippen MR) is 84.0 cm³/mol. The number of morpholine rings is 1. The SMILES string of the molecule is CCCN1CCOC(C(N)Cc2ccc(CC)cc2)C1. The van der Waals surface area contributed by atoms with Gasteiger partial charge in [-0.15, -0.1) is 0 Å². The second-order valence-electron chi connectivity index (χ2n) is 5.75. The molecule has 1 aromatic carbocycles. The van der Waals surface area contributed by atoms with Crippen LogP contribution in [-0.2, 0) is 17.6 Å². The molecule has 3 heteroatoms. The lowest BCUT2D eigenvalue weighted by atomic mass is 9.99. The van der Waals surface area contributed by atoms with Gasteiger partial charge in [0.15, 0.2) is 0 Å². The van der Waals surface area contributed by atoms with Gasteiger partial charge < -0.3 is 10.5 Å². The fourth-order valence-electron chi connectivity index (χ4n) is 2.82. The molecule has 2 atom stereocenters. The number of benzene rings is 1. The van der Waals surface area contributed by atoms with Gasteiger partial charge in [-0.3, -0.25) is 4.90 Å². The molecule has 1 heterocycles. The molecule has 2 N–H and O–H groups in total. The van der Waals surface area contributed by atoms with Gasteiger partial charge in [-0.25, -0.2) is 0 Å². The van der Waals surface area contributed by atoms with Crippen LogP contribution in [0.5, 0.6) is 0 Å². The molecule has 0 aliphatic carbocycles. The number of rotatable bonds is 6. The highest BCUT2D eigenvalue weighted by Gasteiger charge is 2.25. The lowest BCUT2D eigenvalue weighted by molar-refractivity contribution is -0.0400. The van der Waals surface area contributed by atoms with Crippen LogP contribution in [0.15, 0.2) is 24.3 Å². The summed E-state index contributed by atoms with van der Waals surface area (Å²) in [6, 6.07) is 8.89. The number of nitrogens with zero attached hydrogens (tertiary/aromatic N) is 1. The zero-order chi connectivity index (χ0) is 14.4. The van der Waals surface area contributed by atoms with E-state index >= 15 is 0 Å². The lowest BCUT2D eigenvalue weighted by Crippen LogP contribution is -2.51. The molecule has 1 aliphatic rings. The van der Waals surface area contributed by atoms with Crippen LogP contribution in [0.2, 0.25) is 0 Å². The van der Waals surface area contributed by atoms with Crippen LogP contribution in [0.4, 0.5) is 0 Å². The minimum Gasteiger partial charge on any atom is -0.374 e. The summed E-state index contributed by atoms with van der Waals surface area (Å²) in [5.41, 5.74) is 9.05. The van der Waals surface area contributed by atoms with Crippen LogP contribution in [0, 0.1) is 0 Å². The van der Waals surface area contributed by atoms with E-state index < -0.39 is 0 Å². The number of ether oxygens (including phenoxy) is 1. The molecule has 1 saturated heterocycles. The van der Waals surface area contributed by atoms with E-state index in [2.05, 4.69) is 43.0 Å². The number of hydrogen-bond donors (Lipinski definition) is 1. The normalized spacial score (nSPS) is 21.9. The highest BCUT2D eigenvalue weighted by atomic mass is 16.5. The van der Waals surface area contributed by atoms with E-state index in [4.69, 9.17) is 10.5 Å². The molecule has 1 aromatic rings. The van der Waals surface area contributed by atoms with E-state index in [-0.39, 0.29) is 12.1 Å². The van der Waals surface area contributed by atoms with Crippen LogP contribution in [-0.4, -0.2) is 43.3 Å². The first-order valence-corrected chi connectivity index (χ1v) is 7.90. The van der Waals surface area contributed by atoms with Crippen LogP contribution in [0.25, 0.3) is 0 Å². The predicted octanol–water partition coefficient (Wildman–Crippen LogP) is 2.23. The van der Waals surface area contributed by atoms with Crippen molar-refractivity contribution in [3.05, 3.63) is 35.4 Å². The van der Waals surface area contributed by atoms with Gasteiger partial charge in [-0.1, -0.05) is 38.1 Å². The average Bonchev–Trinajstić information content (AvgIpc) is 2.48. The Morgan fingerprint density at radius 2 is 1.95 bits per heavy atom. The van der Waals surface area contributed by atoms with Gasteiger partial charge in [0, 0.05) is 19.1 Å². The molecule has 0 aromatic heterocycles. The third-order valence-corrected chi connectivity index (χ3v) is 4.10. The Balaban J connectivity index is 1.88. The van der Waals surface area contributed by atoms with Crippen molar-refractivity contribution in [2.75, 3.05) is 26.2 Å². The largest absolute Gasteiger partial charge is 0.374 e. The van der Waals surface area contributed by atoms with E-state index in [1.807, 2.05) is 0 Å². The Morgan fingerprint density at radius 3 is 2.60 bits per heavy atom. The average molecular weight is 276 g/mol. The zero-order valence-corrected chi connectivity index (χ0v) is 12.8. The first kappa shape index (κ1) is 15.5. The summed E-state index contributed by atoms with van der Waals surface area (Å²) >= 11 is 0. The standard InChI is InChI=1S/C17H28N2O/c1-3-9-19-10-11-20-17(13-19)16(18)12-15-7-5-14(4-2)6-8-15/h5-8,16-17H,3-4,9-13,18H2,1-2H3. The monoisotopic (exact) mass is 276 g/mol. The molecule has 112 valence electrons. The molecule has 20 heavy (non-hydrogen) atoms. The van der Waals surface area contributed by atoms with Crippen molar-refractivity contribution in [3.8, 4) is 0 Å². The van der Waals surface area contributed by atoms with Gasteiger partial charge in [0.2, 0.25) is 0 Å². The fraction of sp³-hybridized carbons (Fsp3) is 0.647. The molecule has 1 aliphatic heterocycles. The van der Waals surface area contributed by atoms with Crippen molar-refractivity contribution in [2.45, 2.75) is 45.3 Å². The Bertz CT molecular complexity index is 388. The summed E-state index contributed by atoms with van der Waals surface area (Å²) in [5.74, 6) is 0. The molecular weight excluding hydrogens is 248 g/mol. The van der Waals surface area contributed by atoms with Crippen molar-refractivity contribution in [2.24, 2.45) is 5.73 Å². The number of nitrogens with two attached hydrogens (primary N) is 1. The molecule has 1 fully saturated rings. The molecule has 0 spiro atoms. The highest BCUT2D eigenvalue weighted by molar-refractivity contribution is 5.23. The molecule has 2 rings (SSSR count). The van der Waals surface area contributed by atoms with Gasteiger partial charge in [0.1, 0.15) is 0 Å². The minimum atomic E-state index is 0.0853. The third-order valence-electron chi connectivity index (χ3n) is 4.10. The molecule has 0 radical (unpaired) electrons. The lowest BCUT2D eigenvalue weighted by Gasteiger charge is -2.35. The van der Waals surface area contributed by atoms with E-state index in [1.165, 1.54) is 17.5 Å².